The molecule has 1 aromatic heterocycles. The number of imidazole rings is 1. The van der Waals surface area contributed by atoms with Crippen LogP contribution >= 0.6 is 0 Å². The summed E-state index contributed by atoms with van der Waals surface area (Å²) >= 11 is 0. The van der Waals surface area contributed by atoms with Crippen LogP contribution in [0.4, 0.5) is 0 Å². The van der Waals surface area contributed by atoms with Crippen LogP contribution in [-0.4, -0.2) is 16.5 Å². The van der Waals surface area contributed by atoms with Crippen molar-refractivity contribution in [1.82, 2.24) is 15.3 Å². The van der Waals surface area contributed by atoms with E-state index in [2.05, 4.69) is 67.2 Å². The maximum atomic E-state index is 4.24. The lowest BCUT2D eigenvalue weighted by molar-refractivity contribution is 0.553. The summed E-state index contributed by atoms with van der Waals surface area (Å²) in [6.45, 7) is 9.97. The Morgan fingerprint density at radius 2 is 1.90 bits per heavy atom. The predicted molar refractivity (Wildman–Crippen MR) is 88.5 cm³/mol. The van der Waals surface area contributed by atoms with Crippen molar-refractivity contribution in [2.45, 2.75) is 52.0 Å². The van der Waals surface area contributed by atoms with Gasteiger partial charge in [0.2, 0.25) is 0 Å². The van der Waals surface area contributed by atoms with Crippen LogP contribution < -0.4 is 5.32 Å². The van der Waals surface area contributed by atoms with Crippen molar-refractivity contribution < 1.29 is 0 Å². The number of nitrogens with one attached hydrogen (secondary N) is 2. The number of aromatic amines is 1. The molecule has 0 saturated heterocycles. The van der Waals surface area contributed by atoms with E-state index in [-0.39, 0.29) is 5.41 Å². The van der Waals surface area contributed by atoms with Gasteiger partial charge in [0.25, 0.3) is 0 Å². The lowest BCUT2D eigenvalue weighted by Crippen LogP contribution is -2.20. The second-order valence-corrected chi connectivity index (χ2v) is 6.69. The first-order chi connectivity index (χ1) is 9.97. The molecule has 1 heterocycles. The summed E-state index contributed by atoms with van der Waals surface area (Å²) in [7, 11) is 0. The van der Waals surface area contributed by atoms with Crippen LogP contribution in [0.25, 0.3) is 0 Å². The molecule has 0 saturated carbocycles. The van der Waals surface area contributed by atoms with Gasteiger partial charge in [-0.1, -0.05) is 45.0 Å². The number of hydrogen-bond acceptors (Lipinski definition) is 2. The largest absolute Gasteiger partial charge is 0.349 e. The number of hydrogen-bond donors (Lipinski definition) is 2. The van der Waals surface area contributed by atoms with Crippen LogP contribution in [0.15, 0.2) is 36.7 Å². The molecule has 0 spiro atoms. The quantitative estimate of drug-likeness (QED) is 0.788. The van der Waals surface area contributed by atoms with Gasteiger partial charge in [0.1, 0.15) is 5.82 Å². The minimum atomic E-state index is 0.220. The molecule has 2 aromatic rings. The zero-order valence-electron chi connectivity index (χ0n) is 13.6. The summed E-state index contributed by atoms with van der Waals surface area (Å²) in [4.78, 5) is 7.38. The van der Waals surface area contributed by atoms with E-state index < -0.39 is 0 Å². The first-order valence-corrected chi connectivity index (χ1v) is 7.79. The van der Waals surface area contributed by atoms with Gasteiger partial charge in [-0.25, -0.2) is 4.98 Å². The molecule has 0 radical (unpaired) electrons. The molecule has 2 N–H and O–H groups in total. The second-order valence-electron chi connectivity index (χ2n) is 6.69. The fourth-order valence-corrected chi connectivity index (χ4v) is 2.40. The highest BCUT2D eigenvalue weighted by Crippen LogP contribution is 2.23. The maximum absolute atomic E-state index is 4.24. The average Bonchev–Trinajstić information content (AvgIpc) is 2.96. The molecular formula is C18H27N3. The van der Waals surface area contributed by atoms with Gasteiger partial charge in [0.15, 0.2) is 0 Å². The summed E-state index contributed by atoms with van der Waals surface area (Å²) in [5.41, 5.74) is 2.95. The molecule has 1 atom stereocenters. The first-order valence-electron chi connectivity index (χ1n) is 7.79. The van der Waals surface area contributed by atoms with Crippen LogP contribution in [0.2, 0.25) is 0 Å². The normalized spacial score (nSPS) is 13.3. The van der Waals surface area contributed by atoms with Crippen LogP contribution in [0, 0.1) is 0 Å². The van der Waals surface area contributed by atoms with E-state index in [4.69, 9.17) is 0 Å². The van der Waals surface area contributed by atoms with E-state index in [0.717, 1.165) is 25.2 Å². The van der Waals surface area contributed by atoms with Gasteiger partial charge < -0.3 is 10.3 Å². The average molecular weight is 285 g/mol. The van der Waals surface area contributed by atoms with E-state index in [1.165, 1.54) is 11.1 Å². The molecule has 0 aliphatic carbocycles. The smallest absolute Gasteiger partial charge is 0.106 e. The fourth-order valence-electron chi connectivity index (χ4n) is 2.40. The minimum Gasteiger partial charge on any atom is -0.349 e. The van der Waals surface area contributed by atoms with E-state index in [0.29, 0.717) is 6.04 Å². The Labute approximate surface area is 128 Å². The zero-order valence-corrected chi connectivity index (χ0v) is 13.6. The molecule has 1 unspecified atom stereocenters. The Balaban J connectivity index is 1.79. The first kappa shape index (κ1) is 15.8. The van der Waals surface area contributed by atoms with Crippen LogP contribution in [-0.2, 0) is 11.8 Å². The third kappa shape index (κ3) is 4.71. The van der Waals surface area contributed by atoms with Gasteiger partial charge in [0.05, 0.1) is 0 Å². The van der Waals surface area contributed by atoms with Gasteiger partial charge in [-0.15, -0.1) is 0 Å². The summed E-state index contributed by atoms with van der Waals surface area (Å²) in [6, 6.07) is 9.36. The predicted octanol–water partition coefficient (Wildman–Crippen LogP) is 3.99. The highest BCUT2D eigenvalue weighted by molar-refractivity contribution is 5.28. The fraction of sp³-hybridized carbons (Fsp3) is 0.500. The van der Waals surface area contributed by atoms with Crippen molar-refractivity contribution in [3.05, 3.63) is 53.6 Å². The standard InChI is InChI=1S/C18H27N3/c1-14(19-11-5-6-17-20-12-13-21-17)15-7-9-16(10-8-15)18(2,3)4/h7-10,12-14,19H,5-6,11H2,1-4H3,(H,20,21). The summed E-state index contributed by atoms with van der Waals surface area (Å²) < 4.78 is 0. The van der Waals surface area contributed by atoms with Gasteiger partial charge >= 0.3 is 0 Å². The third-order valence-electron chi connectivity index (χ3n) is 3.87. The molecule has 2 rings (SSSR count). The van der Waals surface area contributed by atoms with Gasteiger partial charge in [-0.05, 0) is 36.4 Å². The number of nitrogens with zero attached hydrogens (tertiary/aromatic N) is 1. The molecule has 1 aromatic carbocycles. The van der Waals surface area contributed by atoms with Crippen molar-refractivity contribution >= 4 is 0 Å². The van der Waals surface area contributed by atoms with Crippen molar-refractivity contribution in [2.75, 3.05) is 6.54 Å². The van der Waals surface area contributed by atoms with Gasteiger partial charge in [-0.2, -0.15) is 0 Å². The number of aryl methyl sites for hydroxylation is 1. The molecule has 3 nitrogen and oxygen atoms in total. The Bertz CT molecular complexity index is 521. The molecule has 0 bridgehead atoms. The van der Waals surface area contributed by atoms with Crippen molar-refractivity contribution in [1.29, 1.82) is 0 Å². The lowest BCUT2D eigenvalue weighted by Gasteiger charge is -2.20. The SMILES string of the molecule is CC(NCCCc1ncc[nH]1)c1ccc(C(C)(C)C)cc1. The summed E-state index contributed by atoms with van der Waals surface area (Å²) in [6.07, 6.45) is 5.78. The number of aromatic nitrogens is 2. The van der Waals surface area contributed by atoms with E-state index in [1.807, 2.05) is 12.4 Å². The molecule has 114 valence electrons. The number of rotatable bonds is 6. The molecule has 0 aliphatic rings. The highest BCUT2D eigenvalue weighted by atomic mass is 14.9. The van der Waals surface area contributed by atoms with Crippen molar-refractivity contribution in [3.63, 3.8) is 0 Å². The molecule has 0 amide bonds. The Kier molecular flexibility index (Phi) is 5.18. The zero-order chi connectivity index (χ0) is 15.3. The molecule has 0 fully saturated rings. The van der Waals surface area contributed by atoms with Gasteiger partial charge in [-0.3, -0.25) is 0 Å². The topological polar surface area (TPSA) is 40.7 Å². The summed E-state index contributed by atoms with van der Waals surface area (Å²) in [5.74, 6) is 1.07. The molecular weight excluding hydrogens is 258 g/mol. The van der Waals surface area contributed by atoms with Crippen LogP contribution in [0.5, 0.6) is 0 Å². The number of benzene rings is 1. The van der Waals surface area contributed by atoms with Crippen molar-refractivity contribution in [2.24, 2.45) is 0 Å². The monoisotopic (exact) mass is 285 g/mol. The molecule has 3 heteroatoms. The molecule has 0 aliphatic heterocycles. The molecule has 21 heavy (non-hydrogen) atoms. The third-order valence-corrected chi connectivity index (χ3v) is 3.87. The number of H-pyrrole nitrogens is 1. The van der Waals surface area contributed by atoms with E-state index in [1.54, 1.807) is 0 Å². The Morgan fingerprint density at radius 1 is 1.19 bits per heavy atom. The van der Waals surface area contributed by atoms with Gasteiger partial charge in [0, 0.05) is 24.9 Å². The maximum Gasteiger partial charge on any atom is 0.106 e. The van der Waals surface area contributed by atoms with E-state index in [9.17, 15) is 0 Å². The van der Waals surface area contributed by atoms with E-state index >= 15 is 0 Å². The summed E-state index contributed by atoms with van der Waals surface area (Å²) in [5, 5.41) is 3.58. The lowest BCUT2D eigenvalue weighted by atomic mass is 9.86. The second kappa shape index (κ2) is 6.90. The minimum absolute atomic E-state index is 0.220. The highest BCUT2D eigenvalue weighted by Gasteiger charge is 2.13. The Morgan fingerprint density at radius 3 is 2.48 bits per heavy atom. The van der Waals surface area contributed by atoms with Crippen LogP contribution in [0.1, 0.15) is 57.1 Å². The van der Waals surface area contributed by atoms with Crippen LogP contribution in [0.3, 0.4) is 0 Å². The Hall–Kier alpha value is -1.61. The van der Waals surface area contributed by atoms with Crippen molar-refractivity contribution in [3.8, 4) is 0 Å².